The molecule has 2 aliphatic heterocycles. The van der Waals surface area contributed by atoms with Crippen molar-refractivity contribution in [3.63, 3.8) is 0 Å². The quantitative estimate of drug-likeness (QED) is 0.788. The molecule has 3 fully saturated rings. The molecule has 2 unspecified atom stereocenters. The average Bonchev–Trinajstić information content (AvgIpc) is 2.98. The van der Waals surface area contributed by atoms with E-state index in [4.69, 9.17) is 0 Å². The summed E-state index contributed by atoms with van der Waals surface area (Å²) in [6.07, 6.45) is 6.29. The lowest BCUT2D eigenvalue weighted by Crippen LogP contribution is -2.43. The molecule has 3 aliphatic rings. The molecular weight excluding hydrogens is 210 g/mol. The highest BCUT2D eigenvalue weighted by Crippen LogP contribution is 2.38. The molecule has 0 aromatic rings. The molecule has 0 amide bonds. The lowest BCUT2D eigenvalue weighted by Gasteiger charge is -2.28. The maximum Gasteiger partial charge on any atom is 0.156 e. The van der Waals surface area contributed by atoms with Crippen molar-refractivity contribution in [2.75, 3.05) is 6.54 Å². The third-order valence-electron chi connectivity index (χ3n) is 4.23. The Labute approximate surface area is 91.5 Å². The molecule has 1 aliphatic carbocycles. The van der Waals surface area contributed by atoms with Crippen LogP contribution in [-0.2, 0) is 9.84 Å². The Hall–Kier alpha value is -0.0900. The zero-order chi connectivity index (χ0) is 10.5. The summed E-state index contributed by atoms with van der Waals surface area (Å²) in [6.45, 7) is 1.12. The molecule has 2 heterocycles. The minimum absolute atomic E-state index is 0.0204. The van der Waals surface area contributed by atoms with E-state index < -0.39 is 9.84 Å². The van der Waals surface area contributed by atoms with Crippen LogP contribution >= 0.6 is 0 Å². The van der Waals surface area contributed by atoms with Gasteiger partial charge in [0, 0.05) is 6.04 Å². The molecule has 0 aromatic heterocycles. The van der Waals surface area contributed by atoms with Gasteiger partial charge in [-0.05, 0) is 51.0 Å². The maximum absolute atomic E-state index is 11.8. The molecule has 15 heavy (non-hydrogen) atoms. The van der Waals surface area contributed by atoms with Gasteiger partial charge in [-0.1, -0.05) is 0 Å². The normalized spacial score (nSPS) is 43.1. The molecule has 4 heteroatoms. The SMILES string of the molecule is O=S1(=O)C2CCC1CC(NCC1CC1)C2. The Bertz CT molecular complexity index is 328. The summed E-state index contributed by atoms with van der Waals surface area (Å²) in [5, 5.41) is 3.52. The van der Waals surface area contributed by atoms with Gasteiger partial charge in [-0.15, -0.1) is 0 Å². The Balaban J connectivity index is 1.61. The van der Waals surface area contributed by atoms with Gasteiger partial charge in [-0.25, -0.2) is 8.42 Å². The summed E-state index contributed by atoms with van der Waals surface area (Å²) in [7, 11) is -2.72. The number of nitrogens with one attached hydrogen (secondary N) is 1. The van der Waals surface area contributed by atoms with E-state index in [1.165, 1.54) is 12.8 Å². The van der Waals surface area contributed by atoms with Crippen molar-refractivity contribution in [2.45, 2.75) is 55.1 Å². The zero-order valence-electron chi connectivity index (χ0n) is 8.98. The largest absolute Gasteiger partial charge is 0.314 e. The topological polar surface area (TPSA) is 46.2 Å². The summed E-state index contributed by atoms with van der Waals surface area (Å²) in [4.78, 5) is 0. The zero-order valence-corrected chi connectivity index (χ0v) is 9.80. The summed E-state index contributed by atoms with van der Waals surface area (Å²) in [6, 6.07) is 0.478. The predicted octanol–water partition coefficient (Wildman–Crippen LogP) is 1.09. The van der Waals surface area contributed by atoms with Crippen molar-refractivity contribution in [1.82, 2.24) is 5.32 Å². The number of fused-ring (bicyclic) bond motifs is 2. The van der Waals surface area contributed by atoms with Crippen LogP contribution in [0, 0.1) is 5.92 Å². The van der Waals surface area contributed by atoms with E-state index in [0.717, 1.165) is 38.1 Å². The van der Waals surface area contributed by atoms with Crippen molar-refractivity contribution in [3.05, 3.63) is 0 Å². The highest BCUT2D eigenvalue weighted by molar-refractivity contribution is 7.93. The first kappa shape index (κ1) is 10.1. The fraction of sp³-hybridized carbons (Fsp3) is 1.00. The molecule has 86 valence electrons. The molecule has 1 N–H and O–H groups in total. The molecule has 2 saturated heterocycles. The minimum atomic E-state index is -2.72. The van der Waals surface area contributed by atoms with Gasteiger partial charge < -0.3 is 5.32 Å². The van der Waals surface area contributed by atoms with Gasteiger partial charge in [-0.2, -0.15) is 0 Å². The van der Waals surface area contributed by atoms with E-state index >= 15 is 0 Å². The van der Waals surface area contributed by atoms with E-state index in [0.29, 0.717) is 6.04 Å². The van der Waals surface area contributed by atoms with Crippen molar-refractivity contribution in [3.8, 4) is 0 Å². The third kappa shape index (κ3) is 1.82. The second-order valence-corrected chi connectivity index (χ2v) is 7.94. The average molecular weight is 229 g/mol. The number of hydrogen-bond donors (Lipinski definition) is 1. The van der Waals surface area contributed by atoms with Gasteiger partial charge in [0.25, 0.3) is 0 Å². The van der Waals surface area contributed by atoms with Crippen molar-refractivity contribution in [1.29, 1.82) is 0 Å². The Morgan fingerprint density at radius 2 is 1.60 bits per heavy atom. The standard InChI is InChI=1S/C11H19NO2S/c13-15(14)10-3-4-11(15)6-9(5-10)12-7-8-1-2-8/h8-12H,1-7H2. The molecule has 1 saturated carbocycles. The molecule has 0 radical (unpaired) electrons. The van der Waals surface area contributed by atoms with Crippen molar-refractivity contribution < 1.29 is 8.42 Å². The van der Waals surface area contributed by atoms with Crippen LogP contribution in [0.15, 0.2) is 0 Å². The first-order valence-electron chi connectivity index (χ1n) is 6.12. The second-order valence-electron chi connectivity index (χ2n) is 5.43. The molecule has 2 bridgehead atoms. The van der Waals surface area contributed by atoms with Gasteiger partial charge in [-0.3, -0.25) is 0 Å². The fourth-order valence-corrected chi connectivity index (χ4v) is 5.50. The van der Waals surface area contributed by atoms with E-state index in [2.05, 4.69) is 5.32 Å². The molecule has 3 nitrogen and oxygen atoms in total. The predicted molar refractivity (Wildman–Crippen MR) is 59.5 cm³/mol. The van der Waals surface area contributed by atoms with E-state index in [-0.39, 0.29) is 10.5 Å². The van der Waals surface area contributed by atoms with Gasteiger partial charge >= 0.3 is 0 Å². The van der Waals surface area contributed by atoms with E-state index in [9.17, 15) is 8.42 Å². The first-order valence-corrected chi connectivity index (χ1v) is 7.73. The van der Waals surface area contributed by atoms with Crippen LogP contribution in [-0.4, -0.2) is 31.5 Å². The highest BCUT2D eigenvalue weighted by atomic mass is 32.2. The van der Waals surface area contributed by atoms with Crippen LogP contribution in [0.4, 0.5) is 0 Å². The van der Waals surface area contributed by atoms with Crippen LogP contribution in [0.5, 0.6) is 0 Å². The summed E-state index contributed by atoms with van der Waals surface area (Å²) < 4.78 is 23.7. The minimum Gasteiger partial charge on any atom is -0.314 e. The van der Waals surface area contributed by atoms with E-state index in [1.54, 1.807) is 0 Å². The number of rotatable bonds is 3. The summed E-state index contributed by atoms with van der Waals surface area (Å²) in [5.74, 6) is 0.890. The Morgan fingerprint density at radius 1 is 1.00 bits per heavy atom. The van der Waals surface area contributed by atoms with E-state index in [1.807, 2.05) is 0 Å². The van der Waals surface area contributed by atoms with Crippen molar-refractivity contribution in [2.24, 2.45) is 5.92 Å². The summed E-state index contributed by atoms with van der Waals surface area (Å²) in [5.41, 5.74) is 0. The number of hydrogen-bond acceptors (Lipinski definition) is 3. The van der Waals surface area contributed by atoms with Gasteiger partial charge in [0.05, 0.1) is 10.5 Å². The van der Waals surface area contributed by atoms with Gasteiger partial charge in [0.15, 0.2) is 9.84 Å². The Morgan fingerprint density at radius 3 is 2.13 bits per heavy atom. The summed E-state index contributed by atoms with van der Waals surface area (Å²) >= 11 is 0. The highest BCUT2D eigenvalue weighted by Gasteiger charge is 2.46. The Kier molecular flexibility index (Phi) is 2.32. The lowest BCUT2D eigenvalue weighted by atomic mass is 10.1. The fourth-order valence-electron chi connectivity index (χ4n) is 3.03. The molecular formula is C11H19NO2S. The second kappa shape index (κ2) is 3.45. The molecule has 0 aromatic carbocycles. The van der Waals surface area contributed by atoms with Crippen LogP contribution < -0.4 is 5.32 Å². The monoisotopic (exact) mass is 229 g/mol. The van der Waals surface area contributed by atoms with Crippen molar-refractivity contribution >= 4 is 9.84 Å². The molecule has 0 spiro atoms. The lowest BCUT2D eigenvalue weighted by molar-refractivity contribution is 0.424. The van der Waals surface area contributed by atoms with Crippen LogP contribution in [0.1, 0.15) is 38.5 Å². The van der Waals surface area contributed by atoms with Crippen LogP contribution in [0.3, 0.4) is 0 Å². The van der Waals surface area contributed by atoms with Gasteiger partial charge in [0.1, 0.15) is 0 Å². The third-order valence-corrected chi connectivity index (χ3v) is 6.94. The maximum atomic E-state index is 11.8. The molecule has 3 rings (SSSR count). The molecule has 2 atom stereocenters. The smallest absolute Gasteiger partial charge is 0.156 e. The first-order chi connectivity index (χ1) is 7.16. The van der Waals surface area contributed by atoms with Crippen LogP contribution in [0.2, 0.25) is 0 Å². The number of sulfone groups is 1. The van der Waals surface area contributed by atoms with Gasteiger partial charge in [0.2, 0.25) is 0 Å². The van der Waals surface area contributed by atoms with Crippen LogP contribution in [0.25, 0.3) is 0 Å².